The van der Waals surface area contributed by atoms with E-state index < -0.39 is 9.84 Å². The fourth-order valence-electron chi connectivity index (χ4n) is 1.84. The molecule has 0 radical (unpaired) electrons. The van der Waals surface area contributed by atoms with Crippen LogP contribution < -0.4 is 5.73 Å². The van der Waals surface area contributed by atoms with Gasteiger partial charge < -0.3 is 5.73 Å². The maximum absolute atomic E-state index is 12.1. The van der Waals surface area contributed by atoms with Crippen molar-refractivity contribution in [3.63, 3.8) is 0 Å². The van der Waals surface area contributed by atoms with Crippen LogP contribution in [0.15, 0.2) is 23.1 Å². The number of hydrogen-bond acceptors (Lipinski definition) is 3. The molecule has 0 spiro atoms. The average molecular weight is 255 g/mol. The second-order valence-corrected chi connectivity index (χ2v) is 6.45. The van der Waals surface area contributed by atoms with Crippen molar-refractivity contribution in [1.29, 1.82) is 0 Å². The number of hydrogen-bond donors (Lipinski definition) is 1. The van der Waals surface area contributed by atoms with E-state index >= 15 is 0 Å². The van der Waals surface area contributed by atoms with E-state index in [4.69, 9.17) is 5.73 Å². The Morgan fingerprint density at radius 1 is 1.29 bits per heavy atom. The number of nitrogens with two attached hydrogens (primary N) is 1. The monoisotopic (exact) mass is 255 g/mol. The Labute approximate surface area is 104 Å². The van der Waals surface area contributed by atoms with Gasteiger partial charge in [-0.05, 0) is 31.4 Å². The lowest BCUT2D eigenvalue weighted by molar-refractivity contribution is 0.589. The van der Waals surface area contributed by atoms with Crippen LogP contribution in [-0.4, -0.2) is 14.2 Å². The summed E-state index contributed by atoms with van der Waals surface area (Å²) in [6, 6.07) is 5.19. The summed E-state index contributed by atoms with van der Waals surface area (Å²) in [6.45, 7) is 5.77. The molecule has 0 amide bonds. The Kier molecular flexibility index (Phi) is 4.71. The molecule has 0 aromatic heterocycles. The van der Waals surface area contributed by atoms with Crippen LogP contribution in [0.1, 0.15) is 43.9 Å². The second kappa shape index (κ2) is 5.65. The zero-order chi connectivity index (χ0) is 13.1. The molecule has 1 aromatic carbocycles. The maximum Gasteiger partial charge on any atom is 0.178 e. The molecule has 4 heteroatoms. The molecule has 1 unspecified atom stereocenters. The van der Waals surface area contributed by atoms with Gasteiger partial charge in [0.1, 0.15) is 0 Å². The van der Waals surface area contributed by atoms with Gasteiger partial charge >= 0.3 is 0 Å². The summed E-state index contributed by atoms with van der Waals surface area (Å²) < 4.78 is 24.3. The van der Waals surface area contributed by atoms with Gasteiger partial charge in [-0.2, -0.15) is 0 Å². The molecule has 2 N–H and O–H groups in total. The number of rotatable bonds is 5. The first-order chi connectivity index (χ1) is 7.92. The van der Waals surface area contributed by atoms with Crippen molar-refractivity contribution < 1.29 is 8.42 Å². The highest BCUT2D eigenvalue weighted by Crippen LogP contribution is 2.25. The van der Waals surface area contributed by atoms with Gasteiger partial charge in [-0.25, -0.2) is 8.42 Å². The predicted octanol–water partition coefficient (Wildman–Crippen LogP) is 2.59. The van der Waals surface area contributed by atoms with E-state index in [1.165, 1.54) is 0 Å². The fraction of sp³-hybridized carbons (Fsp3) is 0.538. The Morgan fingerprint density at radius 2 is 1.94 bits per heavy atom. The van der Waals surface area contributed by atoms with Crippen LogP contribution >= 0.6 is 0 Å². The lowest BCUT2D eigenvalue weighted by Gasteiger charge is -2.15. The molecular formula is C13H21NO2S. The highest BCUT2D eigenvalue weighted by molar-refractivity contribution is 7.91. The highest BCUT2D eigenvalue weighted by Gasteiger charge is 2.20. The van der Waals surface area contributed by atoms with Crippen LogP contribution in [0.25, 0.3) is 0 Å². The van der Waals surface area contributed by atoms with Crippen molar-refractivity contribution in [2.24, 2.45) is 5.73 Å². The average Bonchev–Trinajstić information content (AvgIpc) is 2.27. The molecule has 0 bridgehead atoms. The first-order valence-electron chi connectivity index (χ1n) is 6.01. The molecule has 0 aliphatic heterocycles. The van der Waals surface area contributed by atoms with Gasteiger partial charge in [0.2, 0.25) is 0 Å². The molecular weight excluding hydrogens is 234 g/mol. The second-order valence-electron chi connectivity index (χ2n) is 4.37. The highest BCUT2D eigenvalue weighted by atomic mass is 32.2. The van der Waals surface area contributed by atoms with Gasteiger partial charge in [0.25, 0.3) is 0 Å². The molecule has 1 atom stereocenters. The number of sulfone groups is 1. The van der Waals surface area contributed by atoms with Gasteiger partial charge in [0.05, 0.1) is 10.6 Å². The standard InChI is InChI=1S/C13H21NO2S/c1-4-8-17(15,16)13-7-6-10(3)9-11(13)12(14)5-2/h6-7,9,12H,4-5,8,14H2,1-3H3. The van der Waals surface area contributed by atoms with Crippen LogP contribution in [0.3, 0.4) is 0 Å². The summed E-state index contributed by atoms with van der Waals surface area (Å²) in [5, 5.41) is 0. The molecule has 0 saturated carbocycles. The SMILES string of the molecule is CCCS(=O)(=O)c1ccc(C)cc1C(N)CC. The third-order valence-corrected chi connectivity index (χ3v) is 4.80. The lowest BCUT2D eigenvalue weighted by Crippen LogP contribution is -2.16. The minimum absolute atomic E-state index is 0.180. The molecule has 0 aliphatic carbocycles. The van der Waals surface area contributed by atoms with Crippen molar-refractivity contribution in [3.8, 4) is 0 Å². The fourth-order valence-corrected chi connectivity index (χ4v) is 3.44. The molecule has 0 saturated heterocycles. The van der Waals surface area contributed by atoms with Gasteiger partial charge in [0.15, 0.2) is 9.84 Å². The zero-order valence-corrected chi connectivity index (χ0v) is 11.5. The third-order valence-electron chi connectivity index (χ3n) is 2.81. The van der Waals surface area contributed by atoms with Crippen molar-refractivity contribution in [3.05, 3.63) is 29.3 Å². The maximum atomic E-state index is 12.1. The zero-order valence-electron chi connectivity index (χ0n) is 10.7. The van der Waals surface area contributed by atoms with Crippen LogP contribution in [0.2, 0.25) is 0 Å². The van der Waals surface area contributed by atoms with Gasteiger partial charge in [-0.3, -0.25) is 0 Å². The number of benzene rings is 1. The Hall–Kier alpha value is -0.870. The summed E-state index contributed by atoms with van der Waals surface area (Å²) in [6.07, 6.45) is 1.36. The topological polar surface area (TPSA) is 60.2 Å². The molecule has 3 nitrogen and oxygen atoms in total. The van der Waals surface area contributed by atoms with Crippen molar-refractivity contribution in [2.75, 3.05) is 5.75 Å². The molecule has 0 fully saturated rings. The van der Waals surface area contributed by atoms with Crippen molar-refractivity contribution >= 4 is 9.84 Å². The first-order valence-corrected chi connectivity index (χ1v) is 7.66. The minimum atomic E-state index is -3.19. The number of aryl methyl sites for hydroxylation is 1. The van der Waals surface area contributed by atoms with Gasteiger partial charge in [0, 0.05) is 6.04 Å². The van der Waals surface area contributed by atoms with Crippen LogP contribution in [0, 0.1) is 6.92 Å². The van der Waals surface area contributed by atoms with Crippen LogP contribution in [0.5, 0.6) is 0 Å². The molecule has 0 aliphatic rings. The quantitative estimate of drug-likeness (QED) is 0.879. The van der Waals surface area contributed by atoms with E-state index in [9.17, 15) is 8.42 Å². The minimum Gasteiger partial charge on any atom is -0.324 e. The van der Waals surface area contributed by atoms with E-state index in [1.54, 1.807) is 6.07 Å². The van der Waals surface area contributed by atoms with E-state index in [0.29, 0.717) is 11.3 Å². The molecule has 17 heavy (non-hydrogen) atoms. The normalized spacial score (nSPS) is 13.6. The van der Waals surface area contributed by atoms with Crippen molar-refractivity contribution in [1.82, 2.24) is 0 Å². The van der Waals surface area contributed by atoms with E-state index in [0.717, 1.165) is 17.5 Å². The lowest BCUT2D eigenvalue weighted by atomic mass is 10.0. The molecule has 1 rings (SSSR count). The molecule has 96 valence electrons. The Morgan fingerprint density at radius 3 is 2.47 bits per heavy atom. The summed E-state index contributed by atoms with van der Waals surface area (Å²) in [7, 11) is -3.19. The Bertz CT molecular complexity index is 480. The van der Waals surface area contributed by atoms with E-state index in [2.05, 4.69) is 0 Å². The third kappa shape index (κ3) is 3.30. The summed E-state index contributed by atoms with van der Waals surface area (Å²) in [5.74, 6) is 0.180. The molecule has 0 heterocycles. The Balaban J connectivity index is 3.33. The summed E-state index contributed by atoms with van der Waals surface area (Å²) >= 11 is 0. The van der Waals surface area contributed by atoms with Gasteiger partial charge in [-0.1, -0.05) is 31.5 Å². The van der Waals surface area contributed by atoms with Crippen molar-refractivity contribution in [2.45, 2.75) is 44.6 Å². The van der Waals surface area contributed by atoms with Gasteiger partial charge in [-0.15, -0.1) is 0 Å². The smallest absolute Gasteiger partial charge is 0.178 e. The first kappa shape index (κ1) is 14.2. The van der Waals surface area contributed by atoms with E-state index in [-0.39, 0.29) is 11.8 Å². The van der Waals surface area contributed by atoms with Crippen LogP contribution in [-0.2, 0) is 9.84 Å². The van der Waals surface area contributed by atoms with Crippen LogP contribution in [0.4, 0.5) is 0 Å². The summed E-state index contributed by atoms with van der Waals surface area (Å²) in [5.41, 5.74) is 7.78. The predicted molar refractivity (Wildman–Crippen MR) is 70.7 cm³/mol. The largest absolute Gasteiger partial charge is 0.324 e. The van der Waals surface area contributed by atoms with E-state index in [1.807, 2.05) is 32.9 Å². The molecule has 1 aromatic rings. The summed E-state index contributed by atoms with van der Waals surface area (Å²) in [4.78, 5) is 0.402.